The number of hydrogen-bond donors (Lipinski definition) is 0. The first-order chi connectivity index (χ1) is 15.0. The Hall–Kier alpha value is -3.49. The van der Waals surface area contributed by atoms with Crippen molar-refractivity contribution in [2.24, 2.45) is 0 Å². The zero-order valence-electron chi connectivity index (χ0n) is 17.2. The molecule has 3 rings (SSSR count). The Morgan fingerprint density at radius 1 is 1.10 bits per heavy atom. The van der Waals surface area contributed by atoms with Gasteiger partial charge < -0.3 is 14.2 Å². The summed E-state index contributed by atoms with van der Waals surface area (Å²) < 4.78 is 30.1. The molecule has 0 aliphatic heterocycles. The molecule has 0 unspecified atom stereocenters. The van der Waals surface area contributed by atoms with Crippen LogP contribution in [0.4, 0.5) is 4.39 Å². The lowest BCUT2D eigenvalue weighted by atomic mass is 10.0. The molecule has 0 atom stereocenters. The quantitative estimate of drug-likeness (QED) is 0.297. The molecule has 158 valence electrons. The average Bonchev–Trinajstić information content (AvgIpc) is 2.77. The molecule has 6 heteroatoms. The van der Waals surface area contributed by atoms with Crippen LogP contribution in [0.15, 0.2) is 60.7 Å². The second-order valence-electron chi connectivity index (χ2n) is 6.58. The van der Waals surface area contributed by atoms with Crippen LogP contribution in [-0.2, 0) is 6.61 Å². The Kier molecular flexibility index (Phi) is 7.53. The standard InChI is InChI=1S/C25H21ClFNO3/c1-3-30-24-14-18(11-20(15-28)19-7-9-22(29-2)10-8-19)13-23(26)25(24)31-16-17-5-4-6-21(27)12-17/h4-14H,3,16H2,1-2H3/b20-11+. The number of rotatable bonds is 8. The topological polar surface area (TPSA) is 51.5 Å². The van der Waals surface area contributed by atoms with Gasteiger partial charge >= 0.3 is 0 Å². The lowest BCUT2D eigenvalue weighted by Crippen LogP contribution is -2.01. The fourth-order valence-corrected chi connectivity index (χ4v) is 3.25. The molecule has 3 aromatic rings. The normalized spacial score (nSPS) is 11.0. The summed E-state index contributed by atoms with van der Waals surface area (Å²) in [6.07, 6.45) is 1.73. The summed E-state index contributed by atoms with van der Waals surface area (Å²) in [5.41, 5.74) is 2.59. The molecule has 0 spiro atoms. The van der Waals surface area contributed by atoms with Crippen LogP contribution in [0.25, 0.3) is 11.6 Å². The van der Waals surface area contributed by atoms with Gasteiger partial charge in [-0.1, -0.05) is 23.7 Å². The van der Waals surface area contributed by atoms with E-state index in [4.69, 9.17) is 25.8 Å². The summed E-state index contributed by atoms with van der Waals surface area (Å²) in [6.45, 7) is 2.40. The van der Waals surface area contributed by atoms with Crippen molar-refractivity contribution >= 4 is 23.3 Å². The number of hydrogen-bond acceptors (Lipinski definition) is 4. The largest absolute Gasteiger partial charge is 0.497 e. The van der Waals surface area contributed by atoms with Crippen molar-refractivity contribution in [1.82, 2.24) is 0 Å². The molecule has 0 radical (unpaired) electrons. The predicted molar refractivity (Wildman–Crippen MR) is 120 cm³/mol. The molecular formula is C25H21ClFNO3. The lowest BCUT2D eigenvalue weighted by molar-refractivity contribution is 0.269. The Labute approximate surface area is 186 Å². The summed E-state index contributed by atoms with van der Waals surface area (Å²) in [7, 11) is 1.59. The minimum atomic E-state index is -0.333. The van der Waals surface area contributed by atoms with Crippen LogP contribution in [0.1, 0.15) is 23.6 Å². The molecule has 0 aromatic heterocycles. The van der Waals surface area contributed by atoms with Crippen LogP contribution >= 0.6 is 11.6 Å². The zero-order valence-corrected chi connectivity index (χ0v) is 17.9. The summed E-state index contributed by atoms with van der Waals surface area (Å²) >= 11 is 6.47. The van der Waals surface area contributed by atoms with Gasteiger partial charge in [-0.2, -0.15) is 5.26 Å². The van der Waals surface area contributed by atoms with Crippen molar-refractivity contribution in [1.29, 1.82) is 5.26 Å². The van der Waals surface area contributed by atoms with Crippen molar-refractivity contribution in [3.05, 3.63) is 88.2 Å². The van der Waals surface area contributed by atoms with Gasteiger partial charge in [0.25, 0.3) is 0 Å². The maximum absolute atomic E-state index is 13.4. The zero-order chi connectivity index (χ0) is 22.2. The highest BCUT2D eigenvalue weighted by Crippen LogP contribution is 2.38. The average molecular weight is 438 g/mol. The van der Waals surface area contributed by atoms with E-state index in [-0.39, 0.29) is 12.4 Å². The van der Waals surface area contributed by atoms with Crippen LogP contribution in [0.2, 0.25) is 5.02 Å². The van der Waals surface area contributed by atoms with E-state index in [0.29, 0.717) is 45.6 Å². The van der Waals surface area contributed by atoms with Gasteiger partial charge in [0, 0.05) is 0 Å². The molecule has 0 aliphatic carbocycles. The minimum absolute atomic E-state index is 0.141. The fourth-order valence-electron chi connectivity index (χ4n) is 2.97. The minimum Gasteiger partial charge on any atom is -0.497 e. The molecule has 4 nitrogen and oxygen atoms in total. The molecule has 0 N–H and O–H groups in total. The maximum Gasteiger partial charge on any atom is 0.180 e. The molecule has 0 heterocycles. The van der Waals surface area contributed by atoms with Gasteiger partial charge in [-0.3, -0.25) is 0 Å². The van der Waals surface area contributed by atoms with Gasteiger partial charge in [0.2, 0.25) is 0 Å². The van der Waals surface area contributed by atoms with E-state index in [9.17, 15) is 9.65 Å². The number of benzene rings is 3. The van der Waals surface area contributed by atoms with Crippen molar-refractivity contribution in [3.63, 3.8) is 0 Å². The van der Waals surface area contributed by atoms with Crippen molar-refractivity contribution in [2.45, 2.75) is 13.5 Å². The highest BCUT2D eigenvalue weighted by Gasteiger charge is 2.13. The highest BCUT2D eigenvalue weighted by atomic mass is 35.5. The SMILES string of the molecule is CCOc1cc(/C=C(\C#N)c2ccc(OC)cc2)cc(Cl)c1OCc1cccc(F)c1. The van der Waals surface area contributed by atoms with Crippen LogP contribution in [0.3, 0.4) is 0 Å². The van der Waals surface area contributed by atoms with Gasteiger partial charge in [-0.25, -0.2) is 4.39 Å². The summed E-state index contributed by atoms with van der Waals surface area (Å²) in [4.78, 5) is 0. The van der Waals surface area contributed by atoms with Crippen molar-refractivity contribution < 1.29 is 18.6 Å². The number of nitriles is 1. The highest BCUT2D eigenvalue weighted by molar-refractivity contribution is 6.32. The van der Waals surface area contributed by atoms with Crippen molar-refractivity contribution in [3.8, 4) is 23.3 Å². The van der Waals surface area contributed by atoms with E-state index in [1.165, 1.54) is 12.1 Å². The summed E-state index contributed by atoms with van der Waals surface area (Å²) in [5, 5.41) is 9.96. The molecule has 0 aliphatic rings. The van der Waals surface area contributed by atoms with Gasteiger partial charge in [0.1, 0.15) is 18.2 Å². The number of ether oxygens (including phenoxy) is 3. The van der Waals surface area contributed by atoms with E-state index in [1.54, 1.807) is 49.6 Å². The third kappa shape index (κ3) is 5.78. The predicted octanol–water partition coefficient (Wildman–Crippen LogP) is 6.53. The van der Waals surface area contributed by atoms with Crippen LogP contribution in [-0.4, -0.2) is 13.7 Å². The Bertz CT molecular complexity index is 1120. The lowest BCUT2D eigenvalue weighted by Gasteiger charge is -2.15. The van der Waals surface area contributed by atoms with E-state index in [0.717, 1.165) is 5.56 Å². The van der Waals surface area contributed by atoms with Crippen LogP contribution in [0.5, 0.6) is 17.2 Å². The first kappa shape index (κ1) is 22.2. The Morgan fingerprint density at radius 3 is 2.52 bits per heavy atom. The molecule has 0 bridgehead atoms. The monoisotopic (exact) mass is 437 g/mol. The molecular weight excluding hydrogens is 417 g/mol. The third-order valence-corrected chi connectivity index (χ3v) is 4.72. The van der Waals surface area contributed by atoms with Gasteiger partial charge in [0.15, 0.2) is 11.5 Å². The maximum atomic E-state index is 13.4. The van der Waals surface area contributed by atoms with Gasteiger partial charge in [-0.05, 0) is 78.2 Å². The smallest absolute Gasteiger partial charge is 0.180 e. The van der Waals surface area contributed by atoms with E-state index < -0.39 is 0 Å². The summed E-state index contributed by atoms with van der Waals surface area (Å²) in [5.74, 6) is 1.19. The molecule has 3 aromatic carbocycles. The number of nitrogens with zero attached hydrogens (tertiary/aromatic N) is 1. The molecule has 0 saturated carbocycles. The Morgan fingerprint density at radius 2 is 1.87 bits per heavy atom. The first-order valence-corrected chi connectivity index (χ1v) is 10.0. The number of methoxy groups -OCH3 is 1. The second-order valence-corrected chi connectivity index (χ2v) is 6.99. The summed E-state index contributed by atoms with van der Waals surface area (Å²) in [6, 6.07) is 19.1. The molecule has 0 saturated heterocycles. The third-order valence-electron chi connectivity index (χ3n) is 4.44. The first-order valence-electron chi connectivity index (χ1n) is 9.63. The number of halogens is 2. The second kappa shape index (κ2) is 10.5. The molecule has 31 heavy (non-hydrogen) atoms. The van der Waals surface area contributed by atoms with E-state index in [1.807, 2.05) is 19.1 Å². The molecule has 0 amide bonds. The van der Waals surface area contributed by atoms with Crippen LogP contribution < -0.4 is 14.2 Å². The Balaban J connectivity index is 1.90. The van der Waals surface area contributed by atoms with Gasteiger partial charge in [0.05, 0.1) is 30.4 Å². The fraction of sp³-hybridized carbons (Fsp3) is 0.160. The van der Waals surface area contributed by atoms with Gasteiger partial charge in [-0.15, -0.1) is 0 Å². The van der Waals surface area contributed by atoms with Crippen molar-refractivity contribution in [2.75, 3.05) is 13.7 Å². The molecule has 0 fully saturated rings. The van der Waals surface area contributed by atoms with E-state index in [2.05, 4.69) is 6.07 Å². The number of allylic oxidation sites excluding steroid dienone is 1. The van der Waals surface area contributed by atoms with E-state index >= 15 is 0 Å². The van der Waals surface area contributed by atoms with Crippen LogP contribution in [0, 0.1) is 17.1 Å².